The van der Waals surface area contributed by atoms with Gasteiger partial charge in [0.25, 0.3) is 5.56 Å². The predicted molar refractivity (Wildman–Crippen MR) is 146 cm³/mol. The Balaban J connectivity index is 1.27. The zero-order valence-corrected chi connectivity index (χ0v) is 20.8. The quantitative estimate of drug-likeness (QED) is 0.288. The first kappa shape index (κ1) is 24.3. The predicted octanol–water partition coefficient (Wildman–Crippen LogP) is 3.94. The molecule has 5 aromatic rings. The molecule has 0 radical (unpaired) electrons. The van der Waals surface area contributed by atoms with Crippen molar-refractivity contribution < 1.29 is 9.53 Å². The fourth-order valence-corrected chi connectivity index (χ4v) is 4.50. The van der Waals surface area contributed by atoms with E-state index >= 15 is 0 Å². The van der Waals surface area contributed by atoms with E-state index < -0.39 is 0 Å². The van der Waals surface area contributed by atoms with Crippen LogP contribution in [0, 0.1) is 0 Å². The molecule has 2 aromatic heterocycles. The minimum Gasteiger partial charge on any atom is -0.378 e. The smallest absolute Gasteiger partial charge is 0.258 e. The molecule has 0 saturated carbocycles. The highest BCUT2D eigenvalue weighted by molar-refractivity contribution is 5.84. The molecule has 8 heteroatoms. The average molecular weight is 496 g/mol. The number of carbonyl (C=O) groups is 1. The van der Waals surface area contributed by atoms with E-state index in [0.29, 0.717) is 23.3 Å². The van der Waals surface area contributed by atoms with E-state index in [2.05, 4.69) is 55.5 Å². The zero-order chi connectivity index (χ0) is 25.8. The second-order valence-electron chi connectivity index (χ2n) is 9.15. The number of aromatic nitrogens is 3. The van der Waals surface area contributed by atoms with E-state index in [0.717, 1.165) is 27.7 Å². The van der Waals surface area contributed by atoms with Crippen molar-refractivity contribution in [2.45, 2.75) is 12.5 Å². The van der Waals surface area contributed by atoms with Crippen LogP contribution in [0.1, 0.15) is 22.9 Å². The van der Waals surface area contributed by atoms with Gasteiger partial charge in [-0.2, -0.15) is 0 Å². The van der Waals surface area contributed by atoms with Gasteiger partial charge in [0.1, 0.15) is 19.0 Å². The summed E-state index contributed by atoms with van der Waals surface area (Å²) in [6.07, 6.45) is 2.01. The summed E-state index contributed by atoms with van der Waals surface area (Å²) >= 11 is 0. The molecule has 0 fully saturated rings. The van der Waals surface area contributed by atoms with Gasteiger partial charge in [-0.05, 0) is 41.5 Å². The van der Waals surface area contributed by atoms with Gasteiger partial charge in [-0.3, -0.25) is 9.59 Å². The van der Waals surface area contributed by atoms with Crippen LogP contribution in [0.15, 0.2) is 83.8 Å². The average Bonchev–Trinajstić information content (AvgIpc) is 3.33. The van der Waals surface area contributed by atoms with Gasteiger partial charge in [-0.1, -0.05) is 42.5 Å². The second kappa shape index (κ2) is 10.7. The number of ether oxygens (including phenoxy) is 1. The SMILES string of the molecule is CN(C)c1ccc([C@@H](CNC(=O)COCc2nc3ccccc3c(=O)[nH]2)c2c[nH]c3ccccc23)cc1. The maximum absolute atomic E-state index is 12.7. The molecule has 5 rings (SSSR count). The molecule has 0 aliphatic heterocycles. The topological polar surface area (TPSA) is 103 Å². The van der Waals surface area contributed by atoms with E-state index in [1.165, 1.54) is 0 Å². The summed E-state index contributed by atoms with van der Waals surface area (Å²) in [6, 6.07) is 23.6. The third-order valence-corrected chi connectivity index (χ3v) is 6.45. The lowest BCUT2D eigenvalue weighted by atomic mass is 9.90. The molecule has 0 unspecified atom stereocenters. The van der Waals surface area contributed by atoms with Crippen molar-refractivity contribution in [2.24, 2.45) is 0 Å². The number of nitrogens with zero attached hydrogens (tertiary/aromatic N) is 2. The highest BCUT2D eigenvalue weighted by Gasteiger charge is 2.19. The number of anilines is 1. The zero-order valence-electron chi connectivity index (χ0n) is 20.8. The summed E-state index contributed by atoms with van der Waals surface area (Å²) in [5.74, 6) is 0.0989. The van der Waals surface area contributed by atoms with E-state index in [-0.39, 0.29) is 30.6 Å². The highest BCUT2D eigenvalue weighted by atomic mass is 16.5. The van der Waals surface area contributed by atoms with Gasteiger partial charge >= 0.3 is 0 Å². The van der Waals surface area contributed by atoms with E-state index in [4.69, 9.17) is 4.74 Å². The lowest BCUT2D eigenvalue weighted by Crippen LogP contribution is -2.32. The molecule has 2 heterocycles. The fourth-order valence-electron chi connectivity index (χ4n) is 4.50. The molecule has 0 spiro atoms. The summed E-state index contributed by atoms with van der Waals surface area (Å²) in [6.45, 7) is 0.304. The Labute approximate surface area is 214 Å². The number of aromatic amines is 2. The molecule has 3 N–H and O–H groups in total. The number of carbonyl (C=O) groups excluding carboxylic acids is 1. The van der Waals surface area contributed by atoms with Gasteiger partial charge in [0.05, 0.1) is 10.9 Å². The minimum atomic E-state index is -0.238. The van der Waals surface area contributed by atoms with Crippen molar-refractivity contribution in [3.63, 3.8) is 0 Å². The molecule has 1 atom stereocenters. The maximum atomic E-state index is 12.7. The van der Waals surface area contributed by atoms with Crippen LogP contribution < -0.4 is 15.8 Å². The monoisotopic (exact) mass is 495 g/mol. The largest absolute Gasteiger partial charge is 0.378 e. The first-order valence-corrected chi connectivity index (χ1v) is 12.2. The number of nitrogens with one attached hydrogen (secondary N) is 3. The molecule has 188 valence electrons. The highest BCUT2D eigenvalue weighted by Crippen LogP contribution is 2.31. The number of fused-ring (bicyclic) bond motifs is 2. The molecule has 37 heavy (non-hydrogen) atoms. The van der Waals surface area contributed by atoms with Gasteiger partial charge < -0.3 is 24.9 Å². The van der Waals surface area contributed by atoms with Gasteiger partial charge in [-0.25, -0.2) is 4.98 Å². The molecular weight excluding hydrogens is 466 g/mol. The normalized spacial score (nSPS) is 12.1. The summed E-state index contributed by atoms with van der Waals surface area (Å²) in [5.41, 5.74) is 4.76. The Morgan fingerprint density at radius 1 is 1.00 bits per heavy atom. The van der Waals surface area contributed by atoms with Crippen molar-refractivity contribution in [1.29, 1.82) is 0 Å². The standard InChI is InChI=1S/C29H29N5O3/c1-34(2)20-13-11-19(12-14-20)23(24-16-30-25-9-5-3-7-21(24)25)15-31-28(35)18-37-17-27-32-26-10-6-4-8-22(26)29(36)33-27/h3-14,16,23,30H,15,17-18H2,1-2H3,(H,31,35)(H,32,33,36)/t23-/m1/s1. The Kier molecular flexibility index (Phi) is 7.00. The van der Waals surface area contributed by atoms with Crippen molar-refractivity contribution in [3.8, 4) is 0 Å². The maximum Gasteiger partial charge on any atom is 0.258 e. The molecule has 0 bridgehead atoms. The number of hydrogen-bond donors (Lipinski definition) is 3. The van der Waals surface area contributed by atoms with Crippen LogP contribution in [-0.2, 0) is 16.1 Å². The van der Waals surface area contributed by atoms with Crippen molar-refractivity contribution in [2.75, 3.05) is 32.1 Å². The molecule has 0 aliphatic rings. The summed E-state index contributed by atoms with van der Waals surface area (Å²) in [5, 5.41) is 4.66. The number of rotatable bonds is 9. The van der Waals surface area contributed by atoms with Crippen LogP contribution in [0.4, 0.5) is 5.69 Å². The van der Waals surface area contributed by atoms with Gasteiger partial charge in [-0.15, -0.1) is 0 Å². The third-order valence-electron chi connectivity index (χ3n) is 6.45. The molecule has 0 aliphatic carbocycles. The Hall–Kier alpha value is -4.43. The van der Waals surface area contributed by atoms with E-state index in [9.17, 15) is 9.59 Å². The van der Waals surface area contributed by atoms with Crippen LogP contribution >= 0.6 is 0 Å². The van der Waals surface area contributed by atoms with Crippen molar-refractivity contribution in [3.05, 3.63) is 106 Å². The molecular formula is C29H29N5O3. The van der Waals surface area contributed by atoms with Crippen molar-refractivity contribution in [1.82, 2.24) is 20.3 Å². The minimum absolute atomic E-state index is 0.0331. The van der Waals surface area contributed by atoms with Gasteiger partial charge in [0.2, 0.25) is 5.91 Å². The van der Waals surface area contributed by atoms with Gasteiger partial charge in [0, 0.05) is 49.3 Å². The third kappa shape index (κ3) is 5.39. The molecule has 3 aromatic carbocycles. The van der Waals surface area contributed by atoms with Crippen LogP contribution in [0.2, 0.25) is 0 Å². The summed E-state index contributed by atoms with van der Waals surface area (Å²) in [4.78, 5) is 37.4. The molecule has 0 saturated heterocycles. The van der Waals surface area contributed by atoms with Crippen molar-refractivity contribution >= 4 is 33.4 Å². The fraction of sp³-hybridized carbons (Fsp3) is 0.207. The number of para-hydroxylation sites is 2. The summed E-state index contributed by atoms with van der Waals surface area (Å²) in [7, 11) is 4.02. The Bertz CT molecular complexity index is 1590. The van der Waals surface area contributed by atoms with Crippen LogP contribution in [0.3, 0.4) is 0 Å². The van der Waals surface area contributed by atoms with E-state index in [1.54, 1.807) is 18.2 Å². The van der Waals surface area contributed by atoms with Gasteiger partial charge in [0.15, 0.2) is 0 Å². The number of benzene rings is 3. The lowest BCUT2D eigenvalue weighted by molar-refractivity contribution is -0.126. The lowest BCUT2D eigenvalue weighted by Gasteiger charge is -2.20. The van der Waals surface area contributed by atoms with Crippen LogP contribution in [-0.4, -0.2) is 48.1 Å². The summed E-state index contributed by atoms with van der Waals surface area (Å²) < 4.78 is 5.57. The van der Waals surface area contributed by atoms with E-state index in [1.807, 2.05) is 44.6 Å². The van der Waals surface area contributed by atoms with Crippen LogP contribution in [0.5, 0.6) is 0 Å². The Morgan fingerprint density at radius 2 is 1.73 bits per heavy atom. The van der Waals surface area contributed by atoms with Crippen LogP contribution in [0.25, 0.3) is 21.8 Å². The second-order valence-corrected chi connectivity index (χ2v) is 9.15. The number of amides is 1. The first-order valence-electron chi connectivity index (χ1n) is 12.2. The first-order chi connectivity index (χ1) is 18.0. The molecule has 1 amide bonds. The molecule has 8 nitrogen and oxygen atoms in total. The Morgan fingerprint density at radius 3 is 2.51 bits per heavy atom. The number of hydrogen-bond acceptors (Lipinski definition) is 5. The number of H-pyrrole nitrogens is 2.